The summed E-state index contributed by atoms with van der Waals surface area (Å²) >= 11 is 0. The molecular formula is C24H21N3O3. The first-order valence-corrected chi connectivity index (χ1v) is 9.73. The van der Waals surface area contributed by atoms with Crippen LogP contribution in [0.1, 0.15) is 15.9 Å². The molecule has 2 N–H and O–H groups in total. The fourth-order valence-corrected chi connectivity index (χ4v) is 3.23. The first-order chi connectivity index (χ1) is 14.7. The van der Waals surface area contributed by atoms with Crippen LogP contribution in [0.4, 0.5) is 0 Å². The first kappa shape index (κ1) is 19.4. The number of hydrogen-bond donors (Lipinski definition) is 2. The van der Waals surface area contributed by atoms with E-state index >= 15 is 0 Å². The van der Waals surface area contributed by atoms with Gasteiger partial charge in [0.05, 0.1) is 23.8 Å². The molecule has 0 fully saturated rings. The molecular weight excluding hydrogens is 378 g/mol. The normalized spacial score (nSPS) is 10.7. The van der Waals surface area contributed by atoms with Gasteiger partial charge in [-0.05, 0) is 29.8 Å². The van der Waals surface area contributed by atoms with E-state index in [-0.39, 0.29) is 11.8 Å². The Kier molecular flexibility index (Phi) is 5.85. The molecule has 30 heavy (non-hydrogen) atoms. The molecule has 4 rings (SSSR count). The van der Waals surface area contributed by atoms with Crippen LogP contribution in [-0.4, -0.2) is 29.9 Å². The van der Waals surface area contributed by atoms with E-state index in [1.807, 2.05) is 54.6 Å². The summed E-state index contributed by atoms with van der Waals surface area (Å²) < 4.78 is 5.44. The minimum Gasteiger partial charge on any atom is -0.463 e. The van der Waals surface area contributed by atoms with Gasteiger partial charge in [0.15, 0.2) is 5.76 Å². The number of pyridine rings is 1. The van der Waals surface area contributed by atoms with Gasteiger partial charge in [0, 0.05) is 18.5 Å². The number of nitrogens with one attached hydrogen (secondary N) is 2. The van der Waals surface area contributed by atoms with Crippen molar-refractivity contribution in [2.45, 2.75) is 6.42 Å². The van der Waals surface area contributed by atoms with Crippen LogP contribution in [0.15, 0.2) is 83.5 Å². The molecule has 2 amide bonds. The van der Waals surface area contributed by atoms with Gasteiger partial charge in [-0.1, -0.05) is 48.5 Å². The van der Waals surface area contributed by atoms with Crippen molar-refractivity contribution in [1.82, 2.24) is 15.6 Å². The molecule has 0 unspecified atom stereocenters. The minimum atomic E-state index is -0.223. The van der Waals surface area contributed by atoms with Crippen molar-refractivity contribution in [3.8, 4) is 11.5 Å². The van der Waals surface area contributed by atoms with Crippen LogP contribution in [0.25, 0.3) is 22.4 Å². The molecule has 2 heterocycles. The zero-order valence-electron chi connectivity index (χ0n) is 16.3. The molecule has 0 aliphatic rings. The molecule has 2 aromatic heterocycles. The Morgan fingerprint density at radius 2 is 1.63 bits per heavy atom. The van der Waals surface area contributed by atoms with Gasteiger partial charge in [-0.15, -0.1) is 0 Å². The fourth-order valence-electron chi connectivity index (χ4n) is 3.23. The molecule has 0 atom stereocenters. The van der Waals surface area contributed by atoms with Crippen LogP contribution in [0, 0.1) is 0 Å². The highest BCUT2D eigenvalue weighted by Gasteiger charge is 2.14. The Hall–Kier alpha value is -3.93. The molecule has 2 aromatic carbocycles. The van der Waals surface area contributed by atoms with Gasteiger partial charge in [0.25, 0.3) is 5.91 Å². The highest BCUT2D eigenvalue weighted by molar-refractivity contribution is 6.07. The van der Waals surface area contributed by atoms with Gasteiger partial charge in [0.1, 0.15) is 5.69 Å². The second kappa shape index (κ2) is 9.05. The third kappa shape index (κ3) is 4.55. The number of rotatable bonds is 7. The second-order valence-electron chi connectivity index (χ2n) is 6.82. The van der Waals surface area contributed by atoms with Crippen molar-refractivity contribution in [3.63, 3.8) is 0 Å². The van der Waals surface area contributed by atoms with Gasteiger partial charge >= 0.3 is 0 Å². The molecule has 0 aliphatic heterocycles. The van der Waals surface area contributed by atoms with Gasteiger partial charge in [-0.3, -0.25) is 9.59 Å². The average Bonchev–Trinajstić information content (AvgIpc) is 3.31. The number of furan rings is 1. The number of carbonyl (C=O) groups is 2. The van der Waals surface area contributed by atoms with Gasteiger partial charge in [-0.2, -0.15) is 0 Å². The first-order valence-electron chi connectivity index (χ1n) is 9.73. The monoisotopic (exact) mass is 399 g/mol. The Morgan fingerprint density at radius 1 is 0.867 bits per heavy atom. The molecule has 6 nitrogen and oxygen atoms in total. The molecule has 0 radical (unpaired) electrons. The molecule has 0 spiro atoms. The fraction of sp³-hybridized carbons (Fsp3) is 0.125. The van der Waals surface area contributed by atoms with Crippen LogP contribution in [0.2, 0.25) is 0 Å². The number of fused-ring (bicyclic) bond motifs is 1. The van der Waals surface area contributed by atoms with Crippen LogP contribution in [0.3, 0.4) is 0 Å². The summed E-state index contributed by atoms with van der Waals surface area (Å²) in [6, 6.07) is 22.3. The Balaban J connectivity index is 1.40. The Morgan fingerprint density at radius 3 is 2.43 bits per heavy atom. The maximum atomic E-state index is 12.8. The lowest BCUT2D eigenvalue weighted by molar-refractivity contribution is -0.120. The predicted molar refractivity (Wildman–Crippen MR) is 115 cm³/mol. The van der Waals surface area contributed by atoms with Crippen molar-refractivity contribution in [2.75, 3.05) is 13.1 Å². The summed E-state index contributed by atoms with van der Waals surface area (Å²) in [5.41, 5.74) is 2.78. The third-order valence-electron chi connectivity index (χ3n) is 4.67. The number of benzene rings is 2. The van der Waals surface area contributed by atoms with E-state index in [0.717, 1.165) is 10.9 Å². The number of hydrogen-bond acceptors (Lipinski definition) is 4. The highest BCUT2D eigenvalue weighted by Crippen LogP contribution is 2.25. The van der Waals surface area contributed by atoms with Crippen molar-refractivity contribution < 1.29 is 14.0 Å². The molecule has 150 valence electrons. The standard InChI is InChI=1S/C24H21N3O3/c28-23(15-17-7-2-1-3-8-17)25-12-13-26-24(29)19-16-21(22-11-6-14-30-22)27-20-10-5-4-9-18(19)20/h1-11,14,16H,12-13,15H2,(H,25,28)(H,26,29). The van der Waals surface area contributed by atoms with Crippen LogP contribution < -0.4 is 10.6 Å². The number of aromatic nitrogens is 1. The molecule has 0 saturated heterocycles. The van der Waals surface area contributed by atoms with E-state index in [0.29, 0.717) is 42.0 Å². The zero-order chi connectivity index (χ0) is 20.8. The number of nitrogens with zero attached hydrogens (tertiary/aromatic N) is 1. The predicted octanol–water partition coefficient (Wildman–Crippen LogP) is 3.58. The van der Waals surface area contributed by atoms with Crippen LogP contribution >= 0.6 is 0 Å². The Bertz CT molecular complexity index is 1160. The van der Waals surface area contributed by atoms with Crippen LogP contribution in [0.5, 0.6) is 0 Å². The van der Waals surface area contributed by atoms with Crippen molar-refractivity contribution in [2.24, 2.45) is 0 Å². The van der Waals surface area contributed by atoms with Crippen molar-refractivity contribution in [3.05, 3.63) is 90.2 Å². The number of para-hydroxylation sites is 1. The largest absolute Gasteiger partial charge is 0.463 e. The summed E-state index contributed by atoms with van der Waals surface area (Å²) in [4.78, 5) is 29.5. The third-order valence-corrected chi connectivity index (χ3v) is 4.67. The second-order valence-corrected chi connectivity index (χ2v) is 6.82. The summed E-state index contributed by atoms with van der Waals surface area (Å²) in [6.07, 6.45) is 1.89. The van der Waals surface area contributed by atoms with Gasteiger partial charge < -0.3 is 15.1 Å². The van der Waals surface area contributed by atoms with Crippen LogP contribution in [-0.2, 0) is 11.2 Å². The lowest BCUT2D eigenvalue weighted by Crippen LogP contribution is -2.35. The zero-order valence-corrected chi connectivity index (χ0v) is 16.3. The van der Waals surface area contributed by atoms with E-state index in [4.69, 9.17) is 4.42 Å². The number of amides is 2. The SMILES string of the molecule is O=C(Cc1ccccc1)NCCNC(=O)c1cc(-c2ccco2)nc2ccccc12. The molecule has 0 aliphatic carbocycles. The van der Waals surface area contributed by atoms with E-state index in [1.165, 1.54) is 0 Å². The number of carbonyl (C=O) groups excluding carboxylic acids is 2. The highest BCUT2D eigenvalue weighted by atomic mass is 16.3. The quantitative estimate of drug-likeness (QED) is 0.465. The summed E-state index contributed by atoms with van der Waals surface area (Å²) in [7, 11) is 0. The maximum absolute atomic E-state index is 12.8. The summed E-state index contributed by atoms with van der Waals surface area (Å²) in [5, 5.41) is 6.46. The van der Waals surface area contributed by atoms with Crippen molar-refractivity contribution in [1.29, 1.82) is 0 Å². The molecule has 4 aromatic rings. The lowest BCUT2D eigenvalue weighted by Gasteiger charge is -2.10. The van der Waals surface area contributed by atoms with E-state index in [9.17, 15) is 9.59 Å². The topological polar surface area (TPSA) is 84.2 Å². The van der Waals surface area contributed by atoms with E-state index in [2.05, 4.69) is 15.6 Å². The average molecular weight is 399 g/mol. The molecule has 0 saturated carbocycles. The van der Waals surface area contributed by atoms with E-state index in [1.54, 1.807) is 24.5 Å². The summed E-state index contributed by atoms with van der Waals surface area (Å²) in [6.45, 7) is 0.678. The van der Waals surface area contributed by atoms with Gasteiger partial charge in [0.2, 0.25) is 5.91 Å². The lowest BCUT2D eigenvalue weighted by atomic mass is 10.1. The molecule has 6 heteroatoms. The van der Waals surface area contributed by atoms with Crippen molar-refractivity contribution >= 4 is 22.7 Å². The minimum absolute atomic E-state index is 0.0788. The molecule has 0 bridgehead atoms. The smallest absolute Gasteiger partial charge is 0.252 e. The van der Waals surface area contributed by atoms with Gasteiger partial charge in [-0.25, -0.2) is 4.98 Å². The summed E-state index contributed by atoms with van der Waals surface area (Å²) in [5.74, 6) is 0.298. The maximum Gasteiger partial charge on any atom is 0.252 e. The van der Waals surface area contributed by atoms with E-state index < -0.39 is 0 Å². The Labute approximate surface area is 173 Å².